The maximum atomic E-state index is 8.60. The van der Waals surface area contributed by atoms with Crippen LogP contribution in [0.15, 0.2) is 0 Å². The van der Waals surface area contributed by atoms with E-state index in [0.29, 0.717) is 6.61 Å². The van der Waals surface area contributed by atoms with Gasteiger partial charge in [0.1, 0.15) is 0 Å². The van der Waals surface area contributed by atoms with Crippen molar-refractivity contribution in [2.24, 2.45) is 0 Å². The number of aliphatic hydroxyl groups is 1. The first-order valence-corrected chi connectivity index (χ1v) is 2.80. The number of aliphatic hydroxyl groups excluding tert-OH is 1. The normalized spacial score (nSPS) is 23.1. The van der Waals surface area contributed by atoms with E-state index in [9.17, 15) is 0 Å². The van der Waals surface area contributed by atoms with Gasteiger partial charge in [0.05, 0.1) is 12.7 Å². The standard InChI is InChI=1S/C4H8O2.CH2O3/c5-4-1-2-6-3-4;2-1(3)4/h4-5H,1-3H2;(H2,2,3,4). The zero-order chi connectivity index (χ0) is 7.98. The van der Waals surface area contributed by atoms with Gasteiger partial charge < -0.3 is 20.1 Å². The molecule has 1 heterocycles. The van der Waals surface area contributed by atoms with E-state index in [1.807, 2.05) is 0 Å². The smallest absolute Gasteiger partial charge is 0.450 e. The highest BCUT2D eigenvalue weighted by molar-refractivity contribution is 5.53. The zero-order valence-electron chi connectivity index (χ0n) is 5.36. The highest BCUT2D eigenvalue weighted by atomic mass is 16.6. The summed E-state index contributed by atoms with van der Waals surface area (Å²) in [5, 5.41) is 22.5. The Balaban J connectivity index is 0.000000180. The van der Waals surface area contributed by atoms with Crippen molar-refractivity contribution in [3.63, 3.8) is 0 Å². The Hall–Kier alpha value is -0.810. The van der Waals surface area contributed by atoms with Gasteiger partial charge in [-0.2, -0.15) is 0 Å². The molecular formula is C5H10O5. The Bertz CT molecular complexity index is 92.2. The highest BCUT2D eigenvalue weighted by Gasteiger charge is 2.09. The van der Waals surface area contributed by atoms with Gasteiger partial charge in [-0.15, -0.1) is 0 Å². The van der Waals surface area contributed by atoms with Crippen molar-refractivity contribution in [3.8, 4) is 0 Å². The van der Waals surface area contributed by atoms with Gasteiger partial charge in [0, 0.05) is 6.61 Å². The summed E-state index contributed by atoms with van der Waals surface area (Å²) >= 11 is 0. The molecule has 0 radical (unpaired) electrons. The third kappa shape index (κ3) is 7.19. The predicted octanol–water partition coefficient (Wildman–Crippen LogP) is -0.0100. The quantitative estimate of drug-likeness (QED) is 0.452. The van der Waals surface area contributed by atoms with Gasteiger partial charge >= 0.3 is 6.16 Å². The van der Waals surface area contributed by atoms with Crippen molar-refractivity contribution in [1.29, 1.82) is 0 Å². The van der Waals surface area contributed by atoms with Gasteiger partial charge in [0.25, 0.3) is 0 Å². The molecule has 0 aromatic rings. The molecule has 0 aromatic carbocycles. The van der Waals surface area contributed by atoms with Crippen LogP contribution in [-0.2, 0) is 4.74 Å². The molecule has 5 nitrogen and oxygen atoms in total. The van der Waals surface area contributed by atoms with Gasteiger partial charge in [-0.05, 0) is 6.42 Å². The second-order valence-electron chi connectivity index (χ2n) is 1.80. The minimum absolute atomic E-state index is 0.176. The molecule has 3 N–H and O–H groups in total. The predicted molar refractivity (Wildman–Crippen MR) is 32.1 cm³/mol. The van der Waals surface area contributed by atoms with E-state index in [1.54, 1.807) is 0 Å². The first-order chi connectivity index (χ1) is 4.63. The van der Waals surface area contributed by atoms with Crippen LogP contribution in [-0.4, -0.2) is 40.8 Å². The number of carboxylic acid groups (broad SMARTS) is 2. The SMILES string of the molecule is O=C(O)O.OC1CCOC1. The molecule has 1 rings (SSSR count). The summed E-state index contributed by atoms with van der Waals surface area (Å²) in [5.41, 5.74) is 0. The minimum Gasteiger partial charge on any atom is -0.450 e. The fourth-order valence-corrected chi connectivity index (χ4v) is 0.522. The van der Waals surface area contributed by atoms with E-state index in [-0.39, 0.29) is 6.10 Å². The first-order valence-electron chi connectivity index (χ1n) is 2.80. The van der Waals surface area contributed by atoms with Crippen LogP contribution in [0.25, 0.3) is 0 Å². The molecule has 0 saturated carbocycles. The lowest BCUT2D eigenvalue weighted by atomic mass is 10.3. The molecule has 1 saturated heterocycles. The van der Waals surface area contributed by atoms with Crippen LogP contribution in [0.3, 0.4) is 0 Å². The lowest BCUT2D eigenvalue weighted by molar-refractivity contribution is 0.127. The van der Waals surface area contributed by atoms with Crippen LogP contribution in [0, 0.1) is 0 Å². The largest absolute Gasteiger partial charge is 0.503 e. The number of carbonyl (C=O) groups is 1. The maximum absolute atomic E-state index is 8.60. The number of ether oxygens (including phenoxy) is 1. The molecule has 1 aliphatic heterocycles. The summed E-state index contributed by atoms with van der Waals surface area (Å²) in [6, 6.07) is 0. The van der Waals surface area contributed by atoms with Gasteiger partial charge in [0.15, 0.2) is 0 Å². The summed E-state index contributed by atoms with van der Waals surface area (Å²) in [7, 11) is 0. The van der Waals surface area contributed by atoms with E-state index in [0.717, 1.165) is 13.0 Å². The summed E-state index contributed by atoms with van der Waals surface area (Å²) in [5.74, 6) is 0. The van der Waals surface area contributed by atoms with Gasteiger partial charge in [-0.25, -0.2) is 4.79 Å². The first kappa shape index (κ1) is 9.19. The molecule has 1 aliphatic rings. The molecule has 1 fully saturated rings. The van der Waals surface area contributed by atoms with Crippen molar-refractivity contribution in [3.05, 3.63) is 0 Å². The molecule has 1 unspecified atom stereocenters. The monoisotopic (exact) mass is 150 g/mol. The van der Waals surface area contributed by atoms with Crippen molar-refractivity contribution in [2.45, 2.75) is 12.5 Å². The van der Waals surface area contributed by atoms with E-state index < -0.39 is 6.16 Å². The Labute approximate surface area is 57.9 Å². The lowest BCUT2D eigenvalue weighted by Gasteiger charge is -1.89. The third-order valence-electron chi connectivity index (χ3n) is 0.906. The fourth-order valence-electron chi connectivity index (χ4n) is 0.522. The van der Waals surface area contributed by atoms with Gasteiger partial charge in [0.2, 0.25) is 0 Å². The highest BCUT2D eigenvalue weighted by Crippen LogP contribution is 2.00. The summed E-state index contributed by atoms with van der Waals surface area (Å²) in [6.07, 6.45) is -1.19. The van der Waals surface area contributed by atoms with E-state index in [4.69, 9.17) is 24.9 Å². The van der Waals surface area contributed by atoms with Crippen molar-refractivity contribution < 1.29 is 24.9 Å². The van der Waals surface area contributed by atoms with Crippen LogP contribution >= 0.6 is 0 Å². The van der Waals surface area contributed by atoms with E-state index in [1.165, 1.54) is 0 Å². The number of rotatable bonds is 0. The second-order valence-corrected chi connectivity index (χ2v) is 1.80. The molecule has 0 spiro atoms. The average Bonchev–Trinajstić information content (AvgIpc) is 2.15. The second kappa shape index (κ2) is 5.01. The number of hydrogen-bond donors (Lipinski definition) is 3. The zero-order valence-corrected chi connectivity index (χ0v) is 5.36. The van der Waals surface area contributed by atoms with Crippen LogP contribution in [0.4, 0.5) is 4.79 Å². The van der Waals surface area contributed by atoms with Gasteiger partial charge in [-0.1, -0.05) is 0 Å². The van der Waals surface area contributed by atoms with Crippen LogP contribution < -0.4 is 0 Å². The van der Waals surface area contributed by atoms with Crippen LogP contribution in [0.1, 0.15) is 6.42 Å². The summed E-state index contributed by atoms with van der Waals surface area (Å²) < 4.78 is 4.81. The van der Waals surface area contributed by atoms with Crippen molar-refractivity contribution in [1.82, 2.24) is 0 Å². The topological polar surface area (TPSA) is 87.0 Å². The molecular weight excluding hydrogens is 140 g/mol. The molecule has 10 heavy (non-hydrogen) atoms. The molecule has 60 valence electrons. The molecule has 1 atom stereocenters. The average molecular weight is 150 g/mol. The van der Waals surface area contributed by atoms with E-state index >= 15 is 0 Å². The molecule has 0 aliphatic carbocycles. The van der Waals surface area contributed by atoms with Crippen LogP contribution in [0.5, 0.6) is 0 Å². The molecule has 5 heteroatoms. The Kier molecular flexibility index (Phi) is 4.61. The fraction of sp³-hybridized carbons (Fsp3) is 0.800. The maximum Gasteiger partial charge on any atom is 0.503 e. The molecule has 0 bridgehead atoms. The molecule has 0 amide bonds. The Morgan fingerprint density at radius 3 is 2.10 bits per heavy atom. The molecule has 0 aromatic heterocycles. The van der Waals surface area contributed by atoms with Gasteiger partial charge in [-0.3, -0.25) is 0 Å². The van der Waals surface area contributed by atoms with E-state index in [2.05, 4.69) is 0 Å². The van der Waals surface area contributed by atoms with Crippen molar-refractivity contribution in [2.75, 3.05) is 13.2 Å². The summed E-state index contributed by atoms with van der Waals surface area (Å²) in [4.78, 5) is 8.56. The Morgan fingerprint density at radius 1 is 1.50 bits per heavy atom. The lowest BCUT2D eigenvalue weighted by Crippen LogP contribution is -2.02. The number of hydrogen-bond acceptors (Lipinski definition) is 3. The Morgan fingerprint density at radius 2 is 2.00 bits per heavy atom. The minimum atomic E-state index is -1.83. The van der Waals surface area contributed by atoms with Crippen LogP contribution in [0.2, 0.25) is 0 Å². The summed E-state index contributed by atoms with van der Waals surface area (Å²) in [6.45, 7) is 1.28. The van der Waals surface area contributed by atoms with Crippen molar-refractivity contribution >= 4 is 6.16 Å². The third-order valence-corrected chi connectivity index (χ3v) is 0.906.